The fourth-order valence-electron chi connectivity index (χ4n) is 3.89. The van der Waals surface area contributed by atoms with Gasteiger partial charge in [0, 0.05) is 10.2 Å². The van der Waals surface area contributed by atoms with Gasteiger partial charge in [-0.3, -0.25) is 0 Å². The second-order valence-electron chi connectivity index (χ2n) is 9.17. The molecule has 2 heteroatoms. The van der Waals surface area contributed by atoms with Gasteiger partial charge < -0.3 is 0 Å². The fraction of sp³-hybridized carbons (Fsp3) is 0.405. The van der Waals surface area contributed by atoms with Gasteiger partial charge in [-0.1, -0.05) is 121 Å². The molecule has 0 heterocycles. The van der Waals surface area contributed by atoms with Crippen LogP contribution in [0.3, 0.4) is 0 Å². The molecule has 1 aromatic rings. The monoisotopic (exact) mass is 561 g/mol. The normalized spacial score (nSPS) is 21.3. The van der Waals surface area contributed by atoms with Gasteiger partial charge in [0.1, 0.15) is 0 Å². The Morgan fingerprint density at radius 3 is 2.05 bits per heavy atom. The highest BCUT2D eigenvalue weighted by molar-refractivity contribution is 8.04. The first-order valence-corrected chi connectivity index (χ1v) is 17.1. The van der Waals surface area contributed by atoms with E-state index in [0.29, 0.717) is 11.2 Å². The van der Waals surface area contributed by atoms with Crippen molar-refractivity contribution in [3.8, 4) is 0 Å². The highest BCUT2D eigenvalue weighted by atomic mass is 32.2. The zero-order valence-corrected chi connectivity index (χ0v) is 27.5. The molecule has 39 heavy (non-hydrogen) atoms. The van der Waals surface area contributed by atoms with Crippen LogP contribution < -0.4 is 0 Å². The summed E-state index contributed by atoms with van der Waals surface area (Å²) in [5.74, 6) is 0.474. The van der Waals surface area contributed by atoms with Crippen LogP contribution in [0.25, 0.3) is 0 Å². The maximum absolute atomic E-state index is 2.43. The molecule has 0 aliphatic heterocycles. The Morgan fingerprint density at radius 1 is 0.769 bits per heavy atom. The van der Waals surface area contributed by atoms with Gasteiger partial charge in [-0.25, -0.2) is 0 Å². The van der Waals surface area contributed by atoms with Gasteiger partial charge in [0.05, 0.1) is 10.9 Å². The molecule has 3 aliphatic carbocycles. The Morgan fingerprint density at radius 2 is 1.41 bits per heavy atom. The molecule has 0 N–H and O–H groups in total. The molecule has 0 saturated carbocycles. The number of rotatable bonds is 5. The van der Waals surface area contributed by atoms with Crippen LogP contribution in [0.5, 0.6) is 0 Å². The average molecular weight is 562 g/mol. The molecular weight excluding hydrogens is 509 g/mol. The summed E-state index contributed by atoms with van der Waals surface area (Å²) in [6.45, 7) is 16.7. The van der Waals surface area contributed by atoms with E-state index in [1.54, 1.807) is 0 Å². The zero-order valence-electron chi connectivity index (χ0n) is 25.8. The summed E-state index contributed by atoms with van der Waals surface area (Å²) in [5, 5.41) is 0.620. The second-order valence-corrected chi connectivity index (χ2v) is 12.6. The number of aryl methyl sites for hydroxylation is 1. The van der Waals surface area contributed by atoms with Crippen molar-refractivity contribution in [2.75, 3.05) is 0 Å². The molecule has 3 atom stereocenters. The quantitative estimate of drug-likeness (QED) is 0.254. The molecule has 0 spiro atoms. The molecule has 212 valence electrons. The summed E-state index contributed by atoms with van der Waals surface area (Å²) in [7, 11) is -0.100. The van der Waals surface area contributed by atoms with Crippen LogP contribution in [0.2, 0.25) is 0 Å². The lowest BCUT2D eigenvalue weighted by molar-refractivity contribution is 0.881. The minimum absolute atomic E-state index is 0.100. The van der Waals surface area contributed by atoms with Crippen molar-refractivity contribution in [1.82, 2.24) is 0 Å². The van der Waals surface area contributed by atoms with Crippen LogP contribution in [-0.2, 0) is 10.9 Å². The second kappa shape index (κ2) is 21.6. The van der Waals surface area contributed by atoms with Gasteiger partial charge in [-0.2, -0.15) is 0 Å². The van der Waals surface area contributed by atoms with Gasteiger partial charge in [-0.15, -0.1) is 11.8 Å². The zero-order chi connectivity index (χ0) is 28.9. The highest BCUT2D eigenvalue weighted by Gasteiger charge is 2.31. The van der Waals surface area contributed by atoms with E-state index < -0.39 is 0 Å². The molecule has 3 aliphatic rings. The standard InChI is InChI=1S/C30H33S2.C3H8.2C2H6/c1-24-10-8-14-28(20-16-24)32(30-21-17-25(2)18-22-30)29-15-9-13-27(19-23-29)31-26-11-6-4-3-5-7-12-26;1-3-2;2*1-2/h4-8,10,13-24,26H,3,9,11-12H2,1-2H3;3H2,1-2H3;2*1-2H3/q+1;;;/b6-4-,7-5?;;;. The topological polar surface area (TPSA) is 0 Å². The minimum Gasteiger partial charge on any atom is -0.122 e. The SMILES string of the molecule is CC.CC.CCC.Cc1ccc([S+](C2=CC=CC(C)C=C2)C2=CCC=C(SC3CC=CC/C=C\C3)C=C2)cc1. The Hall–Kier alpha value is -2.16. The van der Waals surface area contributed by atoms with E-state index in [1.165, 1.54) is 31.6 Å². The van der Waals surface area contributed by atoms with Crippen LogP contribution in [-0.4, -0.2) is 5.25 Å². The molecular formula is C37H53S2+. The highest BCUT2D eigenvalue weighted by Crippen LogP contribution is 2.36. The van der Waals surface area contributed by atoms with E-state index in [2.05, 4.69) is 131 Å². The van der Waals surface area contributed by atoms with Crippen LogP contribution in [0.4, 0.5) is 0 Å². The summed E-state index contributed by atoms with van der Waals surface area (Å²) < 4.78 is 0. The third-order valence-electron chi connectivity index (χ3n) is 5.72. The largest absolute Gasteiger partial charge is 0.166 e. The third kappa shape index (κ3) is 13.2. The molecule has 0 nitrogen and oxygen atoms in total. The van der Waals surface area contributed by atoms with Gasteiger partial charge in [0.25, 0.3) is 0 Å². The molecule has 1 aromatic carbocycles. The Labute approximate surface area is 248 Å². The number of thioether (sulfide) groups is 1. The predicted molar refractivity (Wildman–Crippen MR) is 184 cm³/mol. The number of hydrogen-bond acceptors (Lipinski definition) is 1. The summed E-state index contributed by atoms with van der Waals surface area (Å²) >= 11 is 2.03. The summed E-state index contributed by atoms with van der Waals surface area (Å²) in [5.41, 5.74) is 1.31. The van der Waals surface area contributed by atoms with Crippen molar-refractivity contribution in [3.63, 3.8) is 0 Å². The van der Waals surface area contributed by atoms with Gasteiger partial charge in [-0.05, 0) is 81.0 Å². The maximum Gasteiger partial charge on any atom is 0.166 e. The summed E-state index contributed by atoms with van der Waals surface area (Å²) in [6.07, 6.45) is 35.9. The van der Waals surface area contributed by atoms with E-state index >= 15 is 0 Å². The molecule has 0 amide bonds. The lowest BCUT2D eigenvalue weighted by Gasteiger charge is -2.14. The Bertz CT molecular complexity index is 1030. The maximum atomic E-state index is 2.43. The minimum atomic E-state index is -0.100. The van der Waals surface area contributed by atoms with E-state index in [-0.39, 0.29) is 10.9 Å². The van der Waals surface area contributed by atoms with Gasteiger partial charge in [0.15, 0.2) is 14.7 Å². The number of allylic oxidation sites excluding steroid dienone is 13. The summed E-state index contributed by atoms with van der Waals surface area (Å²) in [6, 6.07) is 9.10. The molecule has 0 fully saturated rings. The Balaban J connectivity index is 0.000000996. The van der Waals surface area contributed by atoms with Gasteiger partial charge >= 0.3 is 0 Å². The third-order valence-corrected chi connectivity index (χ3v) is 9.28. The first-order valence-electron chi connectivity index (χ1n) is 15.0. The Kier molecular flexibility index (Phi) is 19.3. The molecule has 0 aromatic heterocycles. The van der Waals surface area contributed by atoms with E-state index in [1.807, 2.05) is 39.5 Å². The van der Waals surface area contributed by atoms with E-state index in [9.17, 15) is 0 Å². The van der Waals surface area contributed by atoms with Crippen molar-refractivity contribution in [2.24, 2.45) is 5.92 Å². The fourth-order valence-corrected chi connectivity index (χ4v) is 7.15. The molecule has 4 rings (SSSR count). The predicted octanol–water partition coefficient (Wildman–Crippen LogP) is 12.2. The van der Waals surface area contributed by atoms with E-state index in [0.717, 1.165) is 25.7 Å². The smallest absolute Gasteiger partial charge is 0.122 e. The van der Waals surface area contributed by atoms with E-state index in [4.69, 9.17) is 0 Å². The van der Waals surface area contributed by atoms with Crippen molar-refractivity contribution in [3.05, 3.63) is 124 Å². The van der Waals surface area contributed by atoms with Crippen molar-refractivity contribution in [2.45, 2.75) is 97.6 Å². The molecule has 0 radical (unpaired) electrons. The van der Waals surface area contributed by atoms with Crippen LogP contribution in [0.1, 0.15) is 86.1 Å². The molecule has 0 saturated heterocycles. The average Bonchev–Trinajstić information content (AvgIpc) is 3.30. The first-order chi connectivity index (χ1) is 19.1. The van der Waals surface area contributed by atoms with Crippen LogP contribution in [0, 0.1) is 12.8 Å². The van der Waals surface area contributed by atoms with Crippen LogP contribution in [0.15, 0.2) is 123 Å². The molecule has 3 unspecified atom stereocenters. The first kappa shape index (κ1) is 34.9. The van der Waals surface area contributed by atoms with Crippen molar-refractivity contribution in [1.29, 1.82) is 0 Å². The van der Waals surface area contributed by atoms with Crippen LogP contribution >= 0.6 is 11.8 Å². The number of benzene rings is 1. The molecule has 0 bridgehead atoms. The lowest BCUT2D eigenvalue weighted by atomic mass is 10.1. The summed E-state index contributed by atoms with van der Waals surface area (Å²) in [4.78, 5) is 5.58. The van der Waals surface area contributed by atoms with Gasteiger partial charge in [0.2, 0.25) is 0 Å². The van der Waals surface area contributed by atoms with Crippen molar-refractivity contribution >= 4 is 22.7 Å². The lowest BCUT2D eigenvalue weighted by Crippen LogP contribution is -2.07. The van der Waals surface area contributed by atoms with Crippen molar-refractivity contribution < 1.29 is 0 Å². The number of hydrogen-bond donors (Lipinski definition) is 0.